The number of nitrogens with one attached hydrogen (secondary N) is 1. The van der Waals surface area contributed by atoms with Gasteiger partial charge in [-0.15, -0.1) is 5.10 Å². The van der Waals surface area contributed by atoms with Crippen LogP contribution in [-0.2, 0) is 0 Å². The van der Waals surface area contributed by atoms with Crippen molar-refractivity contribution < 1.29 is 4.39 Å². The normalized spacial score (nSPS) is 22.7. The summed E-state index contributed by atoms with van der Waals surface area (Å²) in [4.78, 5) is 16.4. The molecule has 4 aromatic rings. The van der Waals surface area contributed by atoms with Crippen molar-refractivity contribution >= 4 is 22.6 Å². The minimum absolute atomic E-state index is 0.189. The first-order valence-corrected chi connectivity index (χ1v) is 12.7. The molecule has 6 rings (SSSR count). The number of alkyl halides is 1. The molecule has 0 aromatic carbocycles. The van der Waals surface area contributed by atoms with Crippen LogP contribution in [0.25, 0.3) is 27.9 Å². The lowest BCUT2D eigenvalue weighted by atomic mass is 9.76. The molecule has 0 radical (unpaired) electrons. The number of aryl methyl sites for hydroxylation is 1. The number of anilines is 1. The molecule has 1 aliphatic heterocycles. The van der Waals surface area contributed by atoms with E-state index >= 15 is 4.39 Å². The van der Waals surface area contributed by atoms with Gasteiger partial charge in [-0.2, -0.15) is 0 Å². The van der Waals surface area contributed by atoms with Crippen LogP contribution in [0.15, 0.2) is 30.6 Å². The van der Waals surface area contributed by atoms with Gasteiger partial charge in [0.2, 0.25) is 5.95 Å². The molecule has 2 atom stereocenters. The average Bonchev–Trinajstić information content (AvgIpc) is 3.38. The second-order valence-corrected chi connectivity index (χ2v) is 10.7. The fourth-order valence-electron chi connectivity index (χ4n) is 5.77. The van der Waals surface area contributed by atoms with Gasteiger partial charge in [-0.05, 0) is 71.6 Å². The highest BCUT2D eigenvalue weighted by Crippen LogP contribution is 2.39. The van der Waals surface area contributed by atoms with Crippen LogP contribution in [0, 0.1) is 6.92 Å². The molecular formula is C26H33FN8. The molecule has 1 N–H and O–H groups in total. The third-order valence-corrected chi connectivity index (χ3v) is 7.97. The molecule has 9 heteroatoms. The van der Waals surface area contributed by atoms with Gasteiger partial charge in [0.1, 0.15) is 17.5 Å². The first kappa shape index (κ1) is 22.4. The van der Waals surface area contributed by atoms with Gasteiger partial charge in [0, 0.05) is 36.4 Å². The molecule has 0 bridgehead atoms. The van der Waals surface area contributed by atoms with E-state index in [1.54, 1.807) is 10.7 Å². The molecular weight excluding hydrogens is 443 g/mol. The maximum absolute atomic E-state index is 15.1. The van der Waals surface area contributed by atoms with Crippen molar-refractivity contribution in [3.63, 3.8) is 0 Å². The second-order valence-electron chi connectivity index (χ2n) is 10.7. The number of fused-ring (bicyclic) bond motifs is 2. The number of likely N-dealkylation sites (tertiary alicyclic amines) is 1. The molecule has 0 amide bonds. The van der Waals surface area contributed by atoms with Gasteiger partial charge < -0.3 is 9.88 Å². The van der Waals surface area contributed by atoms with E-state index in [-0.39, 0.29) is 17.6 Å². The van der Waals surface area contributed by atoms with Crippen molar-refractivity contribution in [2.75, 3.05) is 18.4 Å². The Labute approximate surface area is 204 Å². The zero-order valence-corrected chi connectivity index (χ0v) is 20.9. The minimum Gasteiger partial charge on any atom is -0.347 e. The number of imidazole rings is 1. The number of aromatic nitrogens is 6. The van der Waals surface area contributed by atoms with Crippen molar-refractivity contribution in [1.82, 2.24) is 34.0 Å². The van der Waals surface area contributed by atoms with E-state index in [1.807, 2.05) is 31.3 Å². The predicted octanol–water partition coefficient (Wildman–Crippen LogP) is 4.80. The molecule has 2 fully saturated rings. The van der Waals surface area contributed by atoms with Gasteiger partial charge in [0.05, 0.1) is 23.4 Å². The summed E-state index contributed by atoms with van der Waals surface area (Å²) in [5.74, 6) is 1.41. The number of rotatable bonds is 5. The highest BCUT2D eigenvalue weighted by Gasteiger charge is 2.42. The molecule has 1 saturated carbocycles. The van der Waals surface area contributed by atoms with Crippen LogP contribution in [0.1, 0.15) is 58.3 Å². The number of hydrogen-bond donors (Lipinski definition) is 1. The Balaban J connectivity index is 1.23. The highest BCUT2D eigenvalue weighted by molar-refractivity contribution is 5.82. The minimum atomic E-state index is -0.939. The van der Waals surface area contributed by atoms with Crippen LogP contribution in [0.5, 0.6) is 0 Å². The Morgan fingerprint density at radius 1 is 1.17 bits per heavy atom. The number of pyridine rings is 1. The molecule has 5 heterocycles. The molecule has 4 aromatic heterocycles. The van der Waals surface area contributed by atoms with Crippen LogP contribution < -0.4 is 5.32 Å². The van der Waals surface area contributed by atoms with Gasteiger partial charge in [-0.1, -0.05) is 0 Å². The van der Waals surface area contributed by atoms with Gasteiger partial charge in [0.15, 0.2) is 5.65 Å². The summed E-state index contributed by atoms with van der Waals surface area (Å²) in [5, 5.41) is 7.88. The van der Waals surface area contributed by atoms with E-state index in [9.17, 15) is 0 Å². The quantitative estimate of drug-likeness (QED) is 0.446. The van der Waals surface area contributed by atoms with Crippen LogP contribution in [0.3, 0.4) is 0 Å². The first-order chi connectivity index (χ1) is 16.8. The second kappa shape index (κ2) is 8.26. The highest BCUT2D eigenvalue weighted by atomic mass is 19.1. The van der Waals surface area contributed by atoms with Crippen molar-refractivity contribution in [2.45, 2.75) is 77.2 Å². The predicted molar refractivity (Wildman–Crippen MR) is 135 cm³/mol. The zero-order chi connectivity index (χ0) is 24.3. The summed E-state index contributed by atoms with van der Waals surface area (Å²) < 4.78 is 19.0. The maximum Gasteiger partial charge on any atom is 0.241 e. The van der Waals surface area contributed by atoms with Crippen molar-refractivity contribution in [3.05, 3.63) is 36.4 Å². The van der Waals surface area contributed by atoms with Crippen LogP contribution in [0.4, 0.5) is 10.3 Å². The van der Waals surface area contributed by atoms with Crippen molar-refractivity contribution in [1.29, 1.82) is 0 Å². The third-order valence-electron chi connectivity index (χ3n) is 7.97. The lowest BCUT2D eigenvalue weighted by Gasteiger charge is -2.51. The summed E-state index contributed by atoms with van der Waals surface area (Å²) in [5.41, 5.74) is 4.63. The Bertz CT molecular complexity index is 1390. The van der Waals surface area contributed by atoms with Crippen LogP contribution >= 0.6 is 0 Å². The van der Waals surface area contributed by atoms with Gasteiger partial charge in [0.25, 0.3) is 0 Å². The number of piperidine rings is 1. The van der Waals surface area contributed by atoms with E-state index < -0.39 is 6.17 Å². The Morgan fingerprint density at radius 3 is 2.71 bits per heavy atom. The number of nitrogens with zero attached hydrogens (tertiary/aromatic N) is 7. The van der Waals surface area contributed by atoms with E-state index in [0.717, 1.165) is 46.7 Å². The SMILES string of the molecule is Cc1nc2ccc(-c3ccn4nc(NC5CCN(C6(C)CCC6)CC5F)ncc34)nc2n1C(C)C. The summed E-state index contributed by atoms with van der Waals surface area (Å²) in [6, 6.07) is 6.01. The van der Waals surface area contributed by atoms with Gasteiger partial charge >= 0.3 is 0 Å². The fourth-order valence-corrected chi connectivity index (χ4v) is 5.77. The van der Waals surface area contributed by atoms with Crippen molar-refractivity contribution in [3.8, 4) is 11.3 Å². The summed E-state index contributed by atoms with van der Waals surface area (Å²) in [7, 11) is 0. The monoisotopic (exact) mass is 476 g/mol. The Kier molecular flexibility index (Phi) is 5.28. The Hall–Kier alpha value is -3.07. The van der Waals surface area contributed by atoms with E-state index in [2.05, 4.69) is 50.6 Å². The van der Waals surface area contributed by atoms with E-state index in [4.69, 9.17) is 4.98 Å². The summed E-state index contributed by atoms with van der Waals surface area (Å²) >= 11 is 0. The molecule has 8 nitrogen and oxygen atoms in total. The molecule has 184 valence electrons. The molecule has 0 spiro atoms. The molecule has 2 unspecified atom stereocenters. The largest absolute Gasteiger partial charge is 0.347 e. The first-order valence-electron chi connectivity index (χ1n) is 12.7. The Morgan fingerprint density at radius 2 is 2.00 bits per heavy atom. The van der Waals surface area contributed by atoms with E-state index in [1.165, 1.54) is 19.3 Å². The zero-order valence-electron chi connectivity index (χ0n) is 20.9. The smallest absolute Gasteiger partial charge is 0.241 e. The lowest BCUT2D eigenvalue weighted by Crippen LogP contribution is -2.59. The standard InChI is InChI=1S/C26H33FN8/c1-16(2)35-17(3)29-22-7-6-20(30-24(22)35)18-8-13-34-23(18)14-28-25(32-34)31-21-9-12-33(15-19(21)27)26(4)10-5-11-26/h6-8,13-14,16,19,21H,5,9-12,15H2,1-4H3,(H,31,32). The van der Waals surface area contributed by atoms with Crippen LogP contribution in [-0.4, -0.2) is 64.9 Å². The lowest BCUT2D eigenvalue weighted by molar-refractivity contribution is -0.0115. The number of halogens is 1. The van der Waals surface area contributed by atoms with Gasteiger partial charge in [-0.25, -0.2) is 23.9 Å². The van der Waals surface area contributed by atoms with Gasteiger partial charge in [-0.3, -0.25) is 4.90 Å². The maximum atomic E-state index is 15.1. The fraction of sp³-hybridized carbons (Fsp3) is 0.538. The van der Waals surface area contributed by atoms with Crippen molar-refractivity contribution in [2.24, 2.45) is 0 Å². The summed E-state index contributed by atoms with van der Waals surface area (Å²) in [6.07, 6.45) is 7.11. The number of hydrogen-bond acceptors (Lipinski definition) is 6. The summed E-state index contributed by atoms with van der Waals surface area (Å²) in [6.45, 7) is 9.94. The third kappa shape index (κ3) is 3.76. The average molecular weight is 477 g/mol. The topological polar surface area (TPSA) is 76.2 Å². The molecule has 1 aliphatic carbocycles. The van der Waals surface area contributed by atoms with E-state index in [0.29, 0.717) is 12.5 Å². The molecule has 2 aliphatic rings. The molecule has 1 saturated heterocycles. The molecule has 35 heavy (non-hydrogen) atoms. The van der Waals surface area contributed by atoms with Crippen LogP contribution in [0.2, 0.25) is 0 Å².